The van der Waals surface area contributed by atoms with Crippen molar-refractivity contribution < 1.29 is 29.4 Å². The number of hydrogen-bond acceptors (Lipinski definition) is 6. The summed E-state index contributed by atoms with van der Waals surface area (Å²) in [7, 11) is 3.01. The summed E-state index contributed by atoms with van der Waals surface area (Å²) in [6.07, 6.45) is 4.71. The third-order valence-electron chi connectivity index (χ3n) is 5.96. The average molecular weight is 467 g/mol. The maximum atomic E-state index is 13.3. The van der Waals surface area contributed by atoms with E-state index in [1.54, 1.807) is 0 Å². The van der Waals surface area contributed by atoms with Gasteiger partial charge in [0, 0.05) is 26.7 Å². The van der Waals surface area contributed by atoms with Gasteiger partial charge in [0.1, 0.15) is 18.1 Å². The van der Waals surface area contributed by atoms with Crippen molar-refractivity contribution in [2.75, 3.05) is 20.6 Å². The number of allylic oxidation sites excluding steroid dienone is 2. The molecule has 4 amide bonds. The predicted octanol–water partition coefficient (Wildman–Crippen LogP) is -0.353. The molecule has 0 saturated carbocycles. The van der Waals surface area contributed by atoms with E-state index in [-0.39, 0.29) is 17.7 Å². The van der Waals surface area contributed by atoms with Crippen LogP contribution in [0.1, 0.15) is 40.5 Å². The molecule has 0 radical (unpaired) electrons. The van der Waals surface area contributed by atoms with Crippen LogP contribution in [0, 0.1) is 5.92 Å². The zero-order chi connectivity index (χ0) is 25.5. The van der Waals surface area contributed by atoms with E-state index in [4.69, 9.17) is 5.73 Å². The van der Waals surface area contributed by atoms with Crippen molar-refractivity contribution in [2.24, 2.45) is 11.7 Å². The molecule has 1 rings (SSSR count). The van der Waals surface area contributed by atoms with Gasteiger partial charge < -0.3 is 30.6 Å². The van der Waals surface area contributed by atoms with E-state index in [1.165, 1.54) is 66.9 Å². The number of primary amides is 1. The van der Waals surface area contributed by atoms with Gasteiger partial charge in [0.15, 0.2) is 0 Å². The van der Waals surface area contributed by atoms with E-state index in [2.05, 4.69) is 0 Å². The molecule has 1 heterocycles. The number of nitrogens with two attached hydrogens (primary N) is 1. The van der Waals surface area contributed by atoms with E-state index in [1.807, 2.05) is 13.8 Å². The van der Waals surface area contributed by atoms with Crippen LogP contribution in [-0.2, 0) is 19.2 Å². The number of carbonyl (C=O) groups excluding carboxylic acids is 4. The van der Waals surface area contributed by atoms with Gasteiger partial charge in [0.25, 0.3) is 0 Å². The molecule has 0 spiro atoms. The van der Waals surface area contributed by atoms with Crippen molar-refractivity contribution in [2.45, 2.75) is 70.9 Å². The minimum Gasteiger partial charge on any atom is -0.390 e. The van der Waals surface area contributed by atoms with Crippen LogP contribution in [0.15, 0.2) is 24.3 Å². The zero-order valence-electron chi connectivity index (χ0n) is 20.3. The molecule has 0 aromatic rings. The van der Waals surface area contributed by atoms with Gasteiger partial charge >= 0.3 is 0 Å². The molecule has 10 nitrogen and oxygen atoms in total. The van der Waals surface area contributed by atoms with Gasteiger partial charge in [-0.15, -0.1) is 0 Å². The number of nitrogens with zero attached hydrogens (tertiary/aromatic N) is 3. The van der Waals surface area contributed by atoms with Crippen LogP contribution in [0.25, 0.3) is 0 Å². The summed E-state index contributed by atoms with van der Waals surface area (Å²) >= 11 is 0. The highest BCUT2D eigenvalue weighted by Gasteiger charge is 2.40. The lowest BCUT2D eigenvalue weighted by Crippen LogP contribution is -2.57. The first-order chi connectivity index (χ1) is 15.3. The van der Waals surface area contributed by atoms with E-state index >= 15 is 0 Å². The molecule has 10 heteroatoms. The first-order valence-electron chi connectivity index (χ1n) is 11.1. The molecular formula is C23H38N4O6. The Morgan fingerprint density at radius 3 is 2.15 bits per heavy atom. The van der Waals surface area contributed by atoms with Gasteiger partial charge in [0.05, 0.1) is 12.2 Å². The average Bonchev–Trinajstić information content (AvgIpc) is 3.24. The molecule has 1 aliphatic rings. The summed E-state index contributed by atoms with van der Waals surface area (Å²) in [6.45, 7) is 7.00. The maximum Gasteiger partial charge on any atom is 0.247 e. The molecule has 0 bridgehead atoms. The minimum absolute atomic E-state index is 0.232. The normalized spacial score (nSPS) is 20.2. The molecule has 1 saturated heterocycles. The molecule has 0 aliphatic carbocycles. The topological polar surface area (TPSA) is 144 Å². The summed E-state index contributed by atoms with van der Waals surface area (Å²) in [5.74, 6) is -1.98. The fourth-order valence-electron chi connectivity index (χ4n) is 3.72. The highest BCUT2D eigenvalue weighted by Crippen LogP contribution is 2.23. The highest BCUT2D eigenvalue weighted by molar-refractivity contribution is 5.96. The standard InChI is InChI=1S/C23H38N4O6/c1-14(2)20(23(33)25(5)15(3)21(24)31)26(6)22(32)17-10-9-13-27(17)19(30)12-8-7-11-18(29)16(4)28/h7-8,11-12,14-18,20,28-29H,9-10,13H2,1-6H3,(H2,24,31)/b11-7+,12-8+/t15-,16-,17+,18+,20-/m1/s1. The highest BCUT2D eigenvalue weighted by atomic mass is 16.3. The molecular weight excluding hydrogens is 428 g/mol. The van der Waals surface area contributed by atoms with E-state index in [0.717, 1.165) is 0 Å². The Hall–Kier alpha value is -2.72. The summed E-state index contributed by atoms with van der Waals surface area (Å²) < 4.78 is 0. The maximum absolute atomic E-state index is 13.3. The Balaban J connectivity index is 2.97. The lowest BCUT2D eigenvalue weighted by molar-refractivity contribution is -0.151. The van der Waals surface area contributed by atoms with Gasteiger partial charge in [-0.05, 0) is 32.6 Å². The molecule has 1 fully saturated rings. The Morgan fingerprint density at radius 2 is 1.64 bits per heavy atom. The minimum atomic E-state index is -1.04. The Bertz CT molecular complexity index is 779. The van der Waals surface area contributed by atoms with Crippen molar-refractivity contribution >= 4 is 23.6 Å². The van der Waals surface area contributed by atoms with Crippen LogP contribution in [0.5, 0.6) is 0 Å². The van der Waals surface area contributed by atoms with Crippen LogP contribution in [0.2, 0.25) is 0 Å². The number of carbonyl (C=O) groups is 4. The second-order valence-corrected chi connectivity index (χ2v) is 8.83. The van der Waals surface area contributed by atoms with Gasteiger partial charge in [-0.25, -0.2) is 0 Å². The molecule has 33 heavy (non-hydrogen) atoms. The van der Waals surface area contributed by atoms with Gasteiger partial charge in [-0.1, -0.05) is 32.1 Å². The van der Waals surface area contributed by atoms with Crippen LogP contribution in [-0.4, -0.2) is 99.5 Å². The number of hydrogen-bond donors (Lipinski definition) is 3. The molecule has 0 aromatic heterocycles. The van der Waals surface area contributed by atoms with Crippen molar-refractivity contribution in [1.29, 1.82) is 0 Å². The molecule has 4 N–H and O–H groups in total. The van der Waals surface area contributed by atoms with E-state index < -0.39 is 42.1 Å². The molecule has 1 aliphatic heterocycles. The van der Waals surface area contributed by atoms with Gasteiger partial charge in [0.2, 0.25) is 23.6 Å². The van der Waals surface area contributed by atoms with Crippen molar-refractivity contribution in [3.63, 3.8) is 0 Å². The predicted molar refractivity (Wildman–Crippen MR) is 124 cm³/mol. The fraction of sp³-hybridized carbons (Fsp3) is 0.652. The Labute approximate surface area is 195 Å². The number of likely N-dealkylation sites (N-methyl/N-ethyl adjacent to an activating group) is 2. The fourth-order valence-corrected chi connectivity index (χ4v) is 3.72. The smallest absolute Gasteiger partial charge is 0.247 e. The Morgan fingerprint density at radius 1 is 1.03 bits per heavy atom. The van der Waals surface area contributed by atoms with E-state index in [9.17, 15) is 29.4 Å². The SMILES string of the molecule is CC(C)[C@H](C(=O)N(C)[C@H](C)C(N)=O)N(C)C(=O)[C@@H]1CCCN1C(=O)/C=C/C=C/[C@H](O)[C@@H](C)O. The number of aliphatic hydroxyl groups is 2. The zero-order valence-corrected chi connectivity index (χ0v) is 20.3. The molecule has 186 valence electrons. The van der Waals surface area contributed by atoms with Crippen LogP contribution in [0.3, 0.4) is 0 Å². The van der Waals surface area contributed by atoms with E-state index in [0.29, 0.717) is 19.4 Å². The summed E-state index contributed by atoms with van der Waals surface area (Å²) in [6, 6.07) is -2.34. The number of likely N-dealkylation sites (tertiary alicyclic amines) is 1. The summed E-state index contributed by atoms with van der Waals surface area (Å²) in [4.78, 5) is 54.6. The lowest BCUT2D eigenvalue weighted by atomic mass is 9.99. The largest absolute Gasteiger partial charge is 0.390 e. The van der Waals surface area contributed by atoms with Crippen molar-refractivity contribution in [3.05, 3.63) is 24.3 Å². The van der Waals surface area contributed by atoms with Crippen LogP contribution in [0.4, 0.5) is 0 Å². The molecule has 0 aromatic carbocycles. The molecule has 0 unspecified atom stereocenters. The third-order valence-corrected chi connectivity index (χ3v) is 5.96. The first kappa shape index (κ1) is 28.3. The van der Waals surface area contributed by atoms with Gasteiger partial charge in [-0.3, -0.25) is 19.2 Å². The number of rotatable bonds is 10. The van der Waals surface area contributed by atoms with Crippen molar-refractivity contribution in [1.82, 2.24) is 14.7 Å². The summed E-state index contributed by atoms with van der Waals surface area (Å²) in [5, 5.41) is 18.8. The number of aliphatic hydroxyl groups excluding tert-OH is 2. The third kappa shape index (κ3) is 7.40. The quantitative estimate of drug-likeness (QED) is 0.296. The summed E-state index contributed by atoms with van der Waals surface area (Å²) in [5.41, 5.74) is 5.32. The second kappa shape index (κ2) is 12.5. The van der Waals surface area contributed by atoms with Crippen molar-refractivity contribution in [3.8, 4) is 0 Å². The monoisotopic (exact) mass is 466 g/mol. The Kier molecular flexibility index (Phi) is 10.7. The second-order valence-electron chi connectivity index (χ2n) is 8.83. The van der Waals surface area contributed by atoms with Crippen LogP contribution < -0.4 is 5.73 Å². The number of amides is 4. The lowest BCUT2D eigenvalue weighted by Gasteiger charge is -2.37. The first-order valence-corrected chi connectivity index (χ1v) is 11.1. The molecule has 5 atom stereocenters. The van der Waals surface area contributed by atoms with Gasteiger partial charge in [-0.2, -0.15) is 0 Å². The van der Waals surface area contributed by atoms with Crippen LogP contribution >= 0.6 is 0 Å².